The van der Waals surface area contributed by atoms with E-state index in [0.29, 0.717) is 5.69 Å². The molecule has 0 aliphatic carbocycles. The molecule has 3 atom stereocenters. The Morgan fingerprint density at radius 3 is 2.76 bits per heavy atom. The minimum Gasteiger partial charge on any atom is -0.488 e. The number of ether oxygens (including phenoxy) is 1. The van der Waals surface area contributed by atoms with Crippen molar-refractivity contribution < 1.29 is 27.9 Å². The van der Waals surface area contributed by atoms with Crippen molar-refractivity contribution in [3.63, 3.8) is 0 Å². The fourth-order valence-electron chi connectivity index (χ4n) is 3.51. The van der Waals surface area contributed by atoms with Crippen molar-refractivity contribution in [2.45, 2.75) is 32.5 Å². The number of nitrogens with one attached hydrogen (secondary N) is 1. The van der Waals surface area contributed by atoms with Crippen LogP contribution in [0.2, 0.25) is 0 Å². The molecule has 0 bridgehead atoms. The number of hydrogen-bond donors (Lipinski definition) is 2. The lowest BCUT2D eigenvalue weighted by molar-refractivity contribution is -0.116. The Labute approximate surface area is 197 Å². The minimum absolute atomic E-state index is 0.0827. The first-order valence-corrected chi connectivity index (χ1v) is 12.5. The molecule has 34 heavy (non-hydrogen) atoms. The molecule has 186 valence electrons. The van der Waals surface area contributed by atoms with Crippen LogP contribution in [-0.2, 0) is 21.4 Å². The lowest BCUT2D eigenvalue weighted by Crippen LogP contribution is -2.50. The van der Waals surface area contributed by atoms with Gasteiger partial charge in [-0.05, 0) is 35.5 Å². The third-order valence-electron chi connectivity index (χ3n) is 5.65. The number of likely N-dealkylation sites (N-methyl/N-ethyl adjacent to an activating group) is 1. The van der Waals surface area contributed by atoms with Gasteiger partial charge in [-0.1, -0.05) is 6.92 Å². The van der Waals surface area contributed by atoms with E-state index in [2.05, 4.69) is 20.8 Å². The number of sulfonamides is 1. The van der Waals surface area contributed by atoms with Crippen molar-refractivity contribution in [2.75, 3.05) is 38.3 Å². The molecule has 0 saturated carbocycles. The van der Waals surface area contributed by atoms with E-state index in [1.165, 1.54) is 33.3 Å². The standard InChI is InChI=1S/C20H29N7O6S/c1-13-8-27(14(2)11-28)20(30)16-7-15(22-19(29)10-26-12-21-23-24-26)5-6-17(16)33-18(13)9-25(3)34(4,31)32/h5-7,12-14,18,28H,8-11H2,1-4H3,(H,22,29)/t13-,14+,18+/m1/s1. The highest BCUT2D eigenvalue weighted by Crippen LogP contribution is 2.30. The van der Waals surface area contributed by atoms with Gasteiger partial charge in [-0.3, -0.25) is 9.59 Å². The summed E-state index contributed by atoms with van der Waals surface area (Å²) in [6.07, 6.45) is 1.86. The highest BCUT2D eigenvalue weighted by molar-refractivity contribution is 7.88. The molecule has 2 aromatic rings. The second-order valence-corrected chi connectivity index (χ2v) is 10.5. The van der Waals surface area contributed by atoms with Crippen LogP contribution in [0.15, 0.2) is 24.5 Å². The molecule has 2 heterocycles. The van der Waals surface area contributed by atoms with Gasteiger partial charge < -0.3 is 20.1 Å². The van der Waals surface area contributed by atoms with Gasteiger partial charge in [0.25, 0.3) is 5.91 Å². The van der Waals surface area contributed by atoms with Crippen molar-refractivity contribution in [2.24, 2.45) is 5.92 Å². The number of aliphatic hydroxyl groups excluding tert-OH is 1. The summed E-state index contributed by atoms with van der Waals surface area (Å²) in [7, 11) is -1.98. The number of carbonyl (C=O) groups is 2. The molecule has 0 fully saturated rings. The van der Waals surface area contributed by atoms with Crippen LogP contribution in [0.3, 0.4) is 0 Å². The molecule has 2 amide bonds. The van der Waals surface area contributed by atoms with Gasteiger partial charge in [0.05, 0.1) is 31.0 Å². The maximum Gasteiger partial charge on any atom is 0.258 e. The molecule has 0 radical (unpaired) electrons. The number of aromatic nitrogens is 4. The zero-order valence-electron chi connectivity index (χ0n) is 19.4. The molecule has 1 aliphatic heterocycles. The van der Waals surface area contributed by atoms with Gasteiger partial charge in [-0.25, -0.2) is 17.4 Å². The number of tetrazole rings is 1. The van der Waals surface area contributed by atoms with E-state index in [-0.39, 0.29) is 49.4 Å². The third kappa shape index (κ3) is 6.07. The summed E-state index contributed by atoms with van der Waals surface area (Å²) in [6.45, 7) is 3.56. The zero-order valence-corrected chi connectivity index (χ0v) is 20.3. The van der Waals surface area contributed by atoms with Crippen molar-refractivity contribution in [3.05, 3.63) is 30.1 Å². The van der Waals surface area contributed by atoms with Crippen LogP contribution in [-0.4, -0.2) is 99.9 Å². The van der Waals surface area contributed by atoms with Crippen LogP contribution in [0.4, 0.5) is 5.69 Å². The van der Waals surface area contributed by atoms with E-state index >= 15 is 0 Å². The molecular weight excluding hydrogens is 466 g/mol. The Morgan fingerprint density at radius 1 is 1.41 bits per heavy atom. The van der Waals surface area contributed by atoms with E-state index in [4.69, 9.17) is 4.74 Å². The maximum absolute atomic E-state index is 13.4. The normalized spacial score (nSPS) is 19.7. The summed E-state index contributed by atoms with van der Waals surface area (Å²) in [6, 6.07) is 4.17. The predicted molar refractivity (Wildman–Crippen MR) is 122 cm³/mol. The van der Waals surface area contributed by atoms with Crippen LogP contribution >= 0.6 is 0 Å². The Bertz CT molecular complexity index is 1120. The van der Waals surface area contributed by atoms with Gasteiger partial charge in [0, 0.05) is 25.2 Å². The highest BCUT2D eigenvalue weighted by atomic mass is 32.2. The first-order valence-electron chi connectivity index (χ1n) is 10.6. The summed E-state index contributed by atoms with van der Waals surface area (Å²) >= 11 is 0. The number of amides is 2. The summed E-state index contributed by atoms with van der Waals surface area (Å²) in [5.74, 6) is -0.730. The zero-order chi connectivity index (χ0) is 25.0. The number of fused-ring (bicyclic) bond motifs is 1. The Kier molecular flexibility index (Phi) is 7.84. The molecule has 0 saturated heterocycles. The SMILES string of the molecule is C[C@@H]1CN([C@@H](C)CO)C(=O)c2cc(NC(=O)Cn3cnnn3)ccc2O[C@H]1CN(C)S(C)(=O)=O. The number of aliphatic hydroxyl groups is 1. The van der Waals surface area contributed by atoms with Gasteiger partial charge in [0.15, 0.2) is 0 Å². The molecule has 3 rings (SSSR count). The largest absolute Gasteiger partial charge is 0.488 e. The molecule has 0 spiro atoms. The molecule has 1 aromatic carbocycles. The topological polar surface area (TPSA) is 160 Å². The smallest absolute Gasteiger partial charge is 0.258 e. The van der Waals surface area contributed by atoms with Crippen LogP contribution in [0.1, 0.15) is 24.2 Å². The Morgan fingerprint density at radius 2 is 2.15 bits per heavy atom. The summed E-state index contributed by atoms with van der Waals surface area (Å²) < 4.78 is 32.5. The average molecular weight is 496 g/mol. The predicted octanol–water partition coefficient (Wildman–Crippen LogP) is -0.577. The molecular formula is C20H29N7O6S. The van der Waals surface area contributed by atoms with Gasteiger partial charge in [-0.15, -0.1) is 5.10 Å². The van der Waals surface area contributed by atoms with Crippen molar-refractivity contribution in [1.82, 2.24) is 29.4 Å². The summed E-state index contributed by atoms with van der Waals surface area (Å²) in [4.78, 5) is 27.3. The second-order valence-electron chi connectivity index (χ2n) is 8.43. The van der Waals surface area contributed by atoms with Crippen molar-refractivity contribution >= 4 is 27.5 Å². The van der Waals surface area contributed by atoms with E-state index in [0.717, 1.165) is 6.26 Å². The number of rotatable bonds is 8. The lowest BCUT2D eigenvalue weighted by atomic mass is 9.99. The van der Waals surface area contributed by atoms with Crippen LogP contribution in [0, 0.1) is 5.92 Å². The monoisotopic (exact) mass is 495 g/mol. The van der Waals surface area contributed by atoms with Gasteiger partial charge in [0.2, 0.25) is 15.9 Å². The first-order chi connectivity index (χ1) is 16.0. The molecule has 0 unspecified atom stereocenters. The molecule has 13 nitrogen and oxygen atoms in total. The number of carbonyl (C=O) groups excluding carboxylic acids is 2. The minimum atomic E-state index is -3.44. The summed E-state index contributed by atoms with van der Waals surface area (Å²) in [5, 5.41) is 23.0. The van der Waals surface area contributed by atoms with Crippen molar-refractivity contribution in [1.29, 1.82) is 0 Å². The molecule has 1 aliphatic rings. The fraction of sp³-hybridized carbons (Fsp3) is 0.550. The number of anilines is 1. The fourth-order valence-corrected chi connectivity index (χ4v) is 3.93. The quantitative estimate of drug-likeness (QED) is 0.488. The van der Waals surface area contributed by atoms with E-state index in [1.54, 1.807) is 19.1 Å². The third-order valence-corrected chi connectivity index (χ3v) is 6.93. The van der Waals surface area contributed by atoms with Crippen molar-refractivity contribution in [3.8, 4) is 5.75 Å². The average Bonchev–Trinajstić information content (AvgIpc) is 3.28. The molecule has 1 aromatic heterocycles. The van der Waals surface area contributed by atoms with E-state index in [1.807, 2.05) is 6.92 Å². The van der Waals surface area contributed by atoms with Crippen LogP contribution in [0.25, 0.3) is 0 Å². The summed E-state index contributed by atoms with van der Waals surface area (Å²) in [5.41, 5.74) is 0.559. The van der Waals surface area contributed by atoms with Gasteiger partial charge >= 0.3 is 0 Å². The maximum atomic E-state index is 13.4. The molecule has 2 N–H and O–H groups in total. The number of benzene rings is 1. The Hall–Kier alpha value is -3.10. The number of hydrogen-bond acceptors (Lipinski definition) is 9. The van der Waals surface area contributed by atoms with Gasteiger partial charge in [0.1, 0.15) is 24.7 Å². The second kappa shape index (κ2) is 10.4. The van der Waals surface area contributed by atoms with E-state index < -0.39 is 28.1 Å². The molecule has 14 heteroatoms. The first kappa shape index (κ1) is 25.5. The van der Waals surface area contributed by atoms with E-state index in [9.17, 15) is 23.1 Å². The lowest BCUT2D eigenvalue weighted by Gasteiger charge is -2.38. The highest BCUT2D eigenvalue weighted by Gasteiger charge is 2.34. The van der Waals surface area contributed by atoms with Crippen LogP contribution in [0.5, 0.6) is 5.75 Å². The van der Waals surface area contributed by atoms with Crippen LogP contribution < -0.4 is 10.1 Å². The number of nitrogens with zero attached hydrogens (tertiary/aromatic N) is 6. The van der Waals surface area contributed by atoms with Gasteiger partial charge in [-0.2, -0.15) is 0 Å². The Balaban J connectivity index is 1.92.